The number of nitrogens with two attached hydrogens (primary N) is 1. The summed E-state index contributed by atoms with van der Waals surface area (Å²) in [5.41, 5.74) is 0.988. The molecule has 0 aliphatic rings. The molecule has 0 aliphatic carbocycles. The first kappa shape index (κ1) is 9.10. The predicted molar refractivity (Wildman–Crippen MR) is 49.9 cm³/mol. The van der Waals surface area contributed by atoms with E-state index in [4.69, 9.17) is 5.14 Å². The third kappa shape index (κ3) is 1.26. The van der Waals surface area contributed by atoms with E-state index in [0.29, 0.717) is 11.0 Å². The van der Waals surface area contributed by atoms with Gasteiger partial charge in [0.25, 0.3) is 10.0 Å². The van der Waals surface area contributed by atoms with E-state index in [9.17, 15) is 8.42 Å². The Morgan fingerprint density at radius 2 is 2.14 bits per heavy atom. The van der Waals surface area contributed by atoms with Crippen LogP contribution in [0, 0.1) is 0 Å². The van der Waals surface area contributed by atoms with Gasteiger partial charge in [0.2, 0.25) is 0 Å². The lowest BCUT2D eigenvalue weighted by atomic mass is 10.4. The second-order valence-corrected chi connectivity index (χ2v) is 4.36. The average Bonchev–Trinajstić information content (AvgIpc) is 2.46. The van der Waals surface area contributed by atoms with Crippen LogP contribution >= 0.6 is 0 Å². The van der Waals surface area contributed by atoms with Gasteiger partial charge in [-0.3, -0.25) is 0 Å². The van der Waals surface area contributed by atoms with Crippen molar-refractivity contribution in [1.82, 2.24) is 14.5 Å². The van der Waals surface area contributed by atoms with E-state index in [2.05, 4.69) is 9.97 Å². The smallest absolute Gasteiger partial charge is 0.257 e. The number of hydrogen-bond donors (Lipinski definition) is 1. The number of sulfonamides is 1. The average molecular weight is 212 g/mol. The Morgan fingerprint density at radius 3 is 2.79 bits per heavy atom. The summed E-state index contributed by atoms with van der Waals surface area (Å²) in [7, 11) is -2.04. The number of imidazole rings is 1. The molecular weight excluding hydrogens is 204 g/mol. The van der Waals surface area contributed by atoms with E-state index >= 15 is 0 Å². The monoisotopic (exact) mass is 212 g/mol. The molecule has 2 heterocycles. The highest BCUT2D eigenvalue weighted by Gasteiger charge is 2.16. The van der Waals surface area contributed by atoms with Crippen LogP contribution < -0.4 is 5.14 Å². The van der Waals surface area contributed by atoms with E-state index in [1.165, 1.54) is 12.5 Å². The van der Waals surface area contributed by atoms with Gasteiger partial charge in [0.05, 0.1) is 11.8 Å². The molecule has 0 atom stereocenters. The van der Waals surface area contributed by atoms with Crippen LogP contribution in [-0.2, 0) is 17.1 Å². The van der Waals surface area contributed by atoms with Gasteiger partial charge >= 0.3 is 0 Å². The van der Waals surface area contributed by atoms with E-state index in [1.54, 1.807) is 17.7 Å². The number of fused-ring (bicyclic) bond motifs is 1. The molecule has 0 aromatic carbocycles. The Hall–Kier alpha value is -1.47. The van der Waals surface area contributed by atoms with Crippen molar-refractivity contribution in [2.24, 2.45) is 12.2 Å². The molecule has 0 saturated heterocycles. The van der Waals surface area contributed by atoms with Gasteiger partial charge in [-0.25, -0.2) is 23.5 Å². The number of rotatable bonds is 1. The Labute approximate surface area is 80.4 Å². The van der Waals surface area contributed by atoms with Crippen molar-refractivity contribution in [3.63, 3.8) is 0 Å². The van der Waals surface area contributed by atoms with Crippen molar-refractivity contribution in [3.05, 3.63) is 18.6 Å². The van der Waals surface area contributed by atoms with Gasteiger partial charge in [-0.05, 0) is 6.07 Å². The highest BCUT2D eigenvalue weighted by atomic mass is 32.2. The molecule has 2 aromatic rings. The van der Waals surface area contributed by atoms with Crippen LogP contribution in [0.15, 0.2) is 23.6 Å². The van der Waals surface area contributed by atoms with Crippen molar-refractivity contribution in [2.45, 2.75) is 5.03 Å². The van der Waals surface area contributed by atoms with Gasteiger partial charge < -0.3 is 4.57 Å². The molecule has 0 unspecified atom stereocenters. The van der Waals surface area contributed by atoms with Crippen molar-refractivity contribution in [2.75, 3.05) is 0 Å². The molecule has 0 radical (unpaired) electrons. The van der Waals surface area contributed by atoms with Gasteiger partial charge in [-0.1, -0.05) is 0 Å². The van der Waals surface area contributed by atoms with E-state index < -0.39 is 10.0 Å². The SMILES string of the molecule is Cn1cnc2c(S(N)(=O)=O)nccc21. The summed E-state index contributed by atoms with van der Waals surface area (Å²) in [4.78, 5) is 7.63. The fourth-order valence-corrected chi connectivity index (χ4v) is 1.88. The normalized spacial score (nSPS) is 12.1. The minimum absolute atomic E-state index is 0.185. The fraction of sp³-hybridized carbons (Fsp3) is 0.143. The Balaban J connectivity index is 2.92. The second-order valence-electron chi connectivity index (χ2n) is 2.88. The van der Waals surface area contributed by atoms with Crippen LogP contribution in [0.4, 0.5) is 0 Å². The van der Waals surface area contributed by atoms with Crippen LogP contribution in [0.1, 0.15) is 0 Å². The number of pyridine rings is 1. The third-order valence-corrected chi connectivity index (χ3v) is 2.72. The number of hydrogen-bond acceptors (Lipinski definition) is 4. The minimum atomic E-state index is -3.80. The molecule has 2 aromatic heterocycles. The summed E-state index contributed by atoms with van der Waals surface area (Å²) in [6, 6.07) is 1.68. The molecule has 2 N–H and O–H groups in total. The van der Waals surface area contributed by atoms with Gasteiger partial charge in [-0.15, -0.1) is 0 Å². The first-order valence-electron chi connectivity index (χ1n) is 3.79. The fourth-order valence-electron chi connectivity index (χ4n) is 1.25. The highest BCUT2D eigenvalue weighted by Crippen LogP contribution is 2.16. The Kier molecular flexibility index (Phi) is 1.79. The topological polar surface area (TPSA) is 90.9 Å². The highest BCUT2D eigenvalue weighted by molar-refractivity contribution is 7.89. The maximum Gasteiger partial charge on any atom is 0.257 e. The lowest BCUT2D eigenvalue weighted by Crippen LogP contribution is -2.14. The van der Waals surface area contributed by atoms with Crippen LogP contribution in [0.2, 0.25) is 0 Å². The number of primary sulfonamides is 1. The van der Waals surface area contributed by atoms with Gasteiger partial charge in [0.15, 0.2) is 5.03 Å². The summed E-state index contributed by atoms with van der Waals surface area (Å²) in [6.45, 7) is 0. The summed E-state index contributed by atoms with van der Waals surface area (Å²) in [5, 5.41) is 4.81. The molecule has 0 spiro atoms. The lowest BCUT2D eigenvalue weighted by molar-refractivity contribution is 0.595. The zero-order valence-electron chi connectivity index (χ0n) is 7.38. The van der Waals surface area contributed by atoms with Crippen LogP contribution in [0.5, 0.6) is 0 Å². The second kappa shape index (κ2) is 2.76. The van der Waals surface area contributed by atoms with Crippen molar-refractivity contribution < 1.29 is 8.42 Å². The molecule has 74 valence electrons. The quantitative estimate of drug-likeness (QED) is 0.697. The Morgan fingerprint density at radius 1 is 1.43 bits per heavy atom. The maximum atomic E-state index is 11.1. The van der Waals surface area contributed by atoms with E-state index in [1.807, 2.05) is 0 Å². The molecule has 0 fully saturated rings. The van der Waals surface area contributed by atoms with E-state index in [0.717, 1.165) is 0 Å². The molecule has 7 heteroatoms. The molecule has 0 aliphatic heterocycles. The third-order valence-electron chi connectivity index (χ3n) is 1.88. The molecule has 2 rings (SSSR count). The number of nitrogens with zero attached hydrogens (tertiary/aromatic N) is 3. The summed E-state index contributed by atoms with van der Waals surface area (Å²) in [6.07, 6.45) is 2.91. The lowest BCUT2D eigenvalue weighted by Gasteiger charge is -1.98. The molecule has 0 bridgehead atoms. The van der Waals surface area contributed by atoms with Crippen LogP contribution in [0.3, 0.4) is 0 Å². The molecule has 0 saturated carbocycles. The van der Waals surface area contributed by atoms with Crippen LogP contribution in [-0.4, -0.2) is 23.0 Å². The zero-order valence-corrected chi connectivity index (χ0v) is 8.19. The number of aryl methyl sites for hydroxylation is 1. The largest absolute Gasteiger partial charge is 0.334 e. The first-order chi connectivity index (χ1) is 6.50. The molecular formula is C7H8N4O2S. The van der Waals surface area contributed by atoms with Crippen LogP contribution in [0.25, 0.3) is 11.0 Å². The minimum Gasteiger partial charge on any atom is -0.334 e. The van der Waals surface area contributed by atoms with Gasteiger partial charge in [0, 0.05) is 13.2 Å². The van der Waals surface area contributed by atoms with Crippen molar-refractivity contribution in [1.29, 1.82) is 0 Å². The van der Waals surface area contributed by atoms with Crippen molar-refractivity contribution in [3.8, 4) is 0 Å². The predicted octanol–water partition coefficient (Wildman–Crippen LogP) is -0.384. The standard InChI is InChI=1S/C7H8N4O2S/c1-11-4-10-6-5(11)2-3-9-7(6)14(8,12)13/h2-4H,1H3,(H2,8,12,13). The Bertz CT molecular complexity index is 587. The van der Waals surface area contributed by atoms with Gasteiger partial charge in [-0.2, -0.15) is 0 Å². The maximum absolute atomic E-state index is 11.1. The summed E-state index contributed by atoms with van der Waals surface area (Å²) >= 11 is 0. The molecule has 14 heavy (non-hydrogen) atoms. The molecule has 0 amide bonds. The van der Waals surface area contributed by atoms with E-state index in [-0.39, 0.29) is 5.03 Å². The zero-order chi connectivity index (χ0) is 10.3. The summed E-state index contributed by atoms with van der Waals surface area (Å²) in [5.74, 6) is 0. The molecule has 6 nitrogen and oxygen atoms in total. The summed E-state index contributed by atoms with van der Waals surface area (Å²) < 4.78 is 23.9. The van der Waals surface area contributed by atoms with Crippen molar-refractivity contribution >= 4 is 21.1 Å². The first-order valence-corrected chi connectivity index (χ1v) is 5.33. The number of aromatic nitrogens is 3. The van der Waals surface area contributed by atoms with Gasteiger partial charge in [0.1, 0.15) is 5.52 Å².